The van der Waals surface area contributed by atoms with Gasteiger partial charge in [-0.25, -0.2) is 12.8 Å². The lowest BCUT2D eigenvalue weighted by atomic mass is 9.89. The van der Waals surface area contributed by atoms with Gasteiger partial charge >= 0.3 is 0 Å². The third-order valence-corrected chi connectivity index (χ3v) is 6.64. The van der Waals surface area contributed by atoms with Crippen molar-refractivity contribution in [3.05, 3.63) is 65.5 Å². The number of sulfone groups is 1. The molecule has 2 aliphatic heterocycles. The number of fused-ring (bicyclic) bond motifs is 1. The number of hydrogen-bond donors (Lipinski definition) is 1. The smallest absolute Gasteiger partial charge is 0.254 e. The van der Waals surface area contributed by atoms with Crippen molar-refractivity contribution in [1.82, 2.24) is 10.2 Å². The Balaban J connectivity index is 0.00000225. The molecule has 2 fully saturated rings. The zero-order chi connectivity index (χ0) is 19.2. The van der Waals surface area contributed by atoms with E-state index < -0.39 is 9.84 Å². The largest absolute Gasteiger partial charge is 0.331 e. The molecule has 1 N–H and O–H groups in total. The van der Waals surface area contributed by atoms with Crippen LogP contribution in [0.15, 0.2) is 53.4 Å². The van der Waals surface area contributed by atoms with Crippen molar-refractivity contribution >= 4 is 28.2 Å². The van der Waals surface area contributed by atoms with Crippen molar-refractivity contribution in [2.75, 3.05) is 25.9 Å². The number of halogens is 2. The predicted molar refractivity (Wildman–Crippen MR) is 107 cm³/mol. The van der Waals surface area contributed by atoms with Crippen LogP contribution in [0.5, 0.6) is 0 Å². The summed E-state index contributed by atoms with van der Waals surface area (Å²) in [7, 11) is -3.40. The van der Waals surface area contributed by atoms with E-state index in [4.69, 9.17) is 0 Å². The standard InChI is InChI=1S/C20H21FN2O3S.ClH/c1-27(25,26)17-7-3-5-14(9-17)20(24)23-12-15-10-22-11-18(15)19(23)13-4-2-6-16(21)8-13;/h2-9,15,18-19,22H,10-12H2,1H3;1H/t15-,18-,19+;/m0./s1. The zero-order valence-electron chi connectivity index (χ0n) is 15.3. The van der Waals surface area contributed by atoms with Gasteiger partial charge in [-0.3, -0.25) is 4.79 Å². The van der Waals surface area contributed by atoms with E-state index in [2.05, 4.69) is 5.32 Å². The predicted octanol–water partition coefficient (Wildman–Crippen LogP) is 2.68. The third kappa shape index (κ3) is 3.79. The highest BCUT2D eigenvalue weighted by atomic mass is 35.5. The van der Waals surface area contributed by atoms with Crippen LogP contribution in [-0.4, -0.2) is 45.1 Å². The number of hydrogen-bond acceptors (Lipinski definition) is 4. The Morgan fingerprint density at radius 1 is 1.14 bits per heavy atom. The normalized spacial score (nSPS) is 23.9. The number of likely N-dealkylation sites (tertiary alicyclic amines) is 1. The molecule has 0 unspecified atom stereocenters. The molecule has 2 aromatic carbocycles. The van der Waals surface area contributed by atoms with Crippen molar-refractivity contribution < 1.29 is 17.6 Å². The average molecular weight is 425 g/mol. The molecule has 28 heavy (non-hydrogen) atoms. The lowest BCUT2D eigenvalue weighted by molar-refractivity contribution is 0.0713. The van der Waals surface area contributed by atoms with Gasteiger partial charge in [-0.1, -0.05) is 18.2 Å². The molecular weight excluding hydrogens is 403 g/mol. The van der Waals surface area contributed by atoms with Gasteiger partial charge in [0.1, 0.15) is 5.82 Å². The first kappa shape index (κ1) is 20.8. The Morgan fingerprint density at radius 3 is 2.61 bits per heavy atom. The van der Waals surface area contributed by atoms with E-state index in [1.807, 2.05) is 6.07 Å². The summed E-state index contributed by atoms with van der Waals surface area (Å²) < 4.78 is 37.5. The molecule has 8 heteroatoms. The summed E-state index contributed by atoms with van der Waals surface area (Å²) in [5.41, 5.74) is 1.12. The van der Waals surface area contributed by atoms with Gasteiger partial charge < -0.3 is 10.2 Å². The molecule has 0 spiro atoms. The van der Waals surface area contributed by atoms with Crippen LogP contribution >= 0.6 is 12.4 Å². The van der Waals surface area contributed by atoms with E-state index in [-0.39, 0.29) is 41.0 Å². The molecule has 3 atom stereocenters. The van der Waals surface area contributed by atoms with Gasteiger partial charge in [-0.15, -0.1) is 12.4 Å². The Morgan fingerprint density at radius 2 is 1.89 bits per heavy atom. The fourth-order valence-corrected chi connectivity index (χ4v) is 4.94. The molecule has 0 saturated carbocycles. The molecule has 4 rings (SSSR count). The maximum absolute atomic E-state index is 13.8. The molecule has 0 bridgehead atoms. The summed E-state index contributed by atoms with van der Waals surface area (Å²) in [4.78, 5) is 15.1. The van der Waals surface area contributed by atoms with Gasteiger partial charge in [0.15, 0.2) is 9.84 Å². The second kappa shape index (κ2) is 7.81. The highest BCUT2D eigenvalue weighted by Gasteiger charge is 2.47. The molecule has 0 aromatic heterocycles. The number of carbonyl (C=O) groups excluding carboxylic acids is 1. The van der Waals surface area contributed by atoms with Crippen LogP contribution < -0.4 is 5.32 Å². The topological polar surface area (TPSA) is 66.5 Å². The summed E-state index contributed by atoms with van der Waals surface area (Å²) in [5, 5.41) is 3.36. The molecule has 150 valence electrons. The maximum atomic E-state index is 13.8. The molecule has 1 amide bonds. The van der Waals surface area contributed by atoms with Crippen LogP contribution in [0.3, 0.4) is 0 Å². The monoisotopic (exact) mass is 424 g/mol. The fourth-order valence-electron chi connectivity index (χ4n) is 4.27. The van der Waals surface area contributed by atoms with Crippen LogP contribution in [-0.2, 0) is 9.84 Å². The van der Waals surface area contributed by atoms with Gasteiger partial charge in [0.25, 0.3) is 5.91 Å². The molecule has 2 aliphatic rings. The van der Waals surface area contributed by atoms with Crippen LogP contribution in [0.1, 0.15) is 22.0 Å². The first-order chi connectivity index (χ1) is 12.8. The van der Waals surface area contributed by atoms with Crippen LogP contribution in [0.4, 0.5) is 4.39 Å². The summed E-state index contributed by atoms with van der Waals surface area (Å²) >= 11 is 0. The SMILES string of the molecule is CS(=O)(=O)c1cccc(C(=O)N2C[C@@H]3CNC[C@@H]3[C@H]2c2cccc(F)c2)c1.Cl. The molecular formula is C20H22ClFN2O3S. The summed E-state index contributed by atoms with van der Waals surface area (Å²) in [6.45, 7) is 2.17. The second-order valence-electron chi connectivity index (χ2n) is 7.34. The van der Waals surface area contributed by atoms with E-state index >= 15 is 0 Å². The van der Waals surface area contributed by atoms with E-state index in [0.29, 0.717) is 18.0 Å². The molecule has 2 heterocycles. The zero-order valence-corrected chi connectivity index (χ0v) is 17.0. The number of nitrogens with one attached hydrogen (secondary N) is 1. The average Bonchev–Trinajstić information content (AvgIpc) is 3.21. The summed E-state index contributed by atoms with van der Waals surface area (Å²) in [5.74, 6) is -0.0216. The summed E-state index contributed by atoms with van der Waals surface area (Å²) in [6.07, 6.45) is 1.12. The van der Waals surface area contributed by atoms with Crippen molar-refractivity contribution in [2.24, 2.45) is 11.8 Å². The minimum Gasteiger partial charge on any atom is -0.331 e. The van der Waals surface area contributed by atoms with Crippen molar-refractivity contribution in [3.8, 4) is 0 Å². The van der Waals surface area contributed by atoms with E-state index in [1.54, 1.807) is 23.1 Å². The number of amides is 1. The quantitative estimate of drug-likeness (QED) is 0.822. The number of benzene rings is 2. The summed E-state index contributed by atoms with van der Waals surface area (Å²) in [6, 6.07) is 12.3. The van der Waals surface area contributed by atoms with Gasteiger partial charge in [-0.2, -0.15) is 0 Å². The number of rotatable bonds is 3. The fraction of sp³-hybridized carbons (Fsp3) is 0.350. The van der Waals surface area contributed by atoms with Crippen LogP contribution in [0.2, 0.25) is 0 Å². The first-order valence-corrected chi connectivity index (χ1v) is 10.8. The van der Waals surface area contributed by atoms with E-state index in [9.17, 15) is 17.6 Å². The van der Waals surface area contributed by atoms with E-state index in [0.717, 1.165) is 24.9 Å². The van der Waals surface area contributed by atoms with Gasteiger partial charge in [0.2, 0.25) is 0 Å². The number of nitrogens with zero attached hydrogens (tertiary/aromatic N) is 1. The van der Waals surface area contributed by atoms with Gasteiger partial charge in [-0.05, 0) is 41.8 Å². The molecule has 0 aliphatic carbocycles. The maximum Gasteiger partial charge on any atom is 0.254 e. The second-order valence-corrected chi connectivity index (χ2v) is 9.36. The molecule has 5 nitrogen and oxygen atoms in total. The Labute approximate surface area is 170 Å². The van der Waals surface area contributed by atoms with Crippen LogP contribution in [0, 0.1) is 17.7 Å². The lowest BCUT2D eigenvalue weighted by Gasteiger charge is -2.28. The molecule has 2 aromatic rings. The highest BCUT2D eigenvalue weighted by molar-refractivity contribution is 7.90. The van der Waals surface area contributed by atoms with Gasteiger partial charge in [0, 0.05) is 37.4 Å². The van der Waals surface area contributed by atoms with Crippen molar-refractivity contribution in [1.29, 1.82) is 0 Å². The van der Waals surface area contributed by atoms with E-state index in [1.165, 1.54) is 24.3 Å². The third-order valence-electron chi connectivity index (χ3n) is 5.52. The van der Waals surface area contributed by atoms with Crippen molar-refractivity contribution in [2.45, 2.75) is 10.9 Å². The molecule has 0 radical (unpaired) electrons. The lowest BCUT2D eigenvalue weighted by Crippen LogP contribution is -2.34. The highest BCUT2D eigenvalue weighted by Crippen LogP contribution is 2.43. The van der Waals surface area contributed by atoms with Crippen molar-refractivity contribution in [3.63, 3.8) is 0 Å². The number of carbonyl (C=O) groups is 1. The minimum atomic E-state index is -3.40. The van der Waals surface area contributed by atoms with Crippen LogP contribution in [0.25, 0.3) is 0 Å². The Hall–Kier alpha value is -1.96. The Bertz CT molecular complexity index is 998. The Kier molecular flexibility index (Phi) is 5.79. The minimum absolute atomic E-state index is 0. The first-order valence-electron chi connectivity index (χ1n) is 8.92. The molecule has 2 saturated heterocycles. The van der Waals surface area contributed by atoms with Gasteiger partial charge in [0.05, 0.1) is 10.9 Å².